The molecule has 0 bridgehead atoms. The van der Waals surface area contributed by atoms with E-state index in [1.807, 2.05) is 13.8 Å². The Balaban J connectivity index is 2.79. The van der Waals surface area contributed by atoms with Gasteiger partial charge in [-0.2, -0.15) is 0 Å². The summed E-state index contributed by atoms with van der Waals surface area (Å²) in [4.78, 5) is 24.2. The van der Waals surface area contributed by atoms with Gasteiger partial charge in [0.1, 0.15) is 23.9 Å². The monoisotopic (exact) mass is 298 g/mol. The van der Waals surface area contributed by atoms with Crippen LogP contribution in [0.15, 0.2) is 18.2 Å². The minimum absolute atomic E-state index is 0.411. The van der Waals surface area contributed by atoms with E-state index in [2.05, 4.69) is 5.32 Å². The molecule has 116 valence electrons. The number of para-hydroxylation sites is 1. The smallest absolute Gasteiger partial charge is 0.240 e. The van der Waals surface area contributed by atoms with Gasteiger partial charge in [-0.25, -0.2) is 8.78 Å². The van der Waals surface area contributed by atoms with E-state index < -0.39 is 35.7 Å². The van der Waals surface area contributed by atoms with E-state index in [1.165, 1.54) is 6.07 Å². The van der Waals surface area contributed by atoms with Crippen LogP contribution in [0.5, 0.6) is 0 Å². The molecule has 1 aromatic carbocycles. The van der Waals surface area contributed by atoms with Crippen molar-refractivity contribution in [3.63, 3.8) is 0 Å². The van der Waals surface area contributed by atoms with E-state index in [4.69, 9.17) is 0 Å². The first-order chi connectivity index (χ1) is 9.82. The van der Waals surface area contributed by atoms with Crippen molar-refractivity contribution in [1.29, 1.82) is 0 Å². The van der Waals surface area contributed by atoms with Gasteiger partial charge in [-0.05, 0) is 24.5 Å². The number of carbonyl (C=O) groups is 2. The summed E-state index contributed by atoms with van der Waals surface area (Å²) < 4.78 is 27.4. The third kappa shape index (κ3) is 5.13. The molecular weight excluding hydrogens is 278 g/mol. The van der Waals surface area contributed by atoms with E-state index in [1.54, 1.807) is 0 Å². The predicted molar refractivity (Wildman–Crippen MR) is 76.8 cm³/mol. The zero-order valence-corrected chi connectivity index (χ0v) is 12.5. The molecule has 1 aromatic rings. The molecule has 21 heavy (non-hydrogen) atoms. The van der Waals surface area contributed by atoms with E-state index in [9.17, 15) is 18.4 Å². The first-order valence-electron chi connectivity index (χ1n) is 6.81. The minimum atomic E-state index is -0.875. The molecule has 2 amide bonds. The summed E-state index contributed by atoms with van der Waals surface area (Å²) in [5, 5.41) is 2.63. The largest absolute Gasteiger partial charge is 0.355 e. The second-order valence-corrected chi connectivity index (χ2v) is 5.21. The zero-order valence-electron chi connectivity index (χ0n) is 12.5. The Morgan fingerprint density at radius 2 is 1.81 bits per heavy atom. The Hall–Kier alpha value is -1.98. The SMILES string of the molecule is CC(=O)N(CC(=O)NCCC(C)C)c1c(F)cccc1F. The fraction of sp³-hybridized carbons (Fsp3) is 0.467. The number of rotatable bonds is 6. The fourth-order valence-electron chi connectivity index (χ4n) is 1.79. The molecule has 0 unspecified atom stereocenters. The van der Waals surface area contributed by atoms with Gasteiger partial charge >= 0.3 is 0 Å². The van der Waals surface area contributed by atoms with Gasteiger partial charge in [-0.3, -0.25) is 14.5 Å². The number of carbonyl (C=O) groups excluding carboxylic acids is 2. The molecule has 0 aliphatic carbocycles. The molecule has 1 rings (SSSR count). The maximum atomic E-state index is 13.7. The Morgan fingerprint density at radius 3 is 2.29 bits per heavy atom. The van der Waals surface area contributed by atoms with Gasteiger partial charge in [0.2, 0.25) is 11.8 Å². The van der Waals surface area contributed by atoms with Crippen molar-refractivity contribution in [3.8, 4) is 0 Å². The van der Waals surface area contributed by atoms with Crippen LogP contribution in [0.25, 0.3) is 0 Å². The van der Waals surface area contributed by atoms with Crippen LogP contribution in [0, 0.1) is 17.6 Å². The third-order valence-corrected chi connectivity index (χ3v) is 2.93. The van der Waals surface area contributed by atoms with Gasteiger partial charge in [-0.15, -0.1) is 0 Å². The summed E-state index contributed by atoms with van der Waals surface area (Å²) >= 11 is 0. The van der Waals surface area contributed by atoms with Gasteiger partial charge in [0.25, 0.3) is 0 Å². The second kappa shape index (κ2) is 7.71. The topological polar surface area (TPSA) is 49.4 Å². The summed E-state index contributed by atoms with van der Waals surface area (Å²) in [7, 11) is 0. The Morgan fingerprint density at radius 1 is 1.24 bits per heavy atom. The van der Waals surface area contributed by atoms with Crippen LogP contribution in [-0.2, 0) is 9.59 Å². The highest BCUT2D eigenvalue weighted by Crippen LogP contribution is 2.23. The van der Waals surface area contributed by atoms with Crippen LogP contribution in [0.4, 0.5) is 14.5 Å². The van der Waals surface area contributed by atoms with E-state index >= 15 is 0 Å². The van der Waals surface area contributed by atoms with Gasteiger partial charge in [0.05, 0.1) is 0 Å². The summed E-state index contributed by atoms with van der Waals surface area (Å²) in [5.74, 6) is -2.37. The van der Waals surface area contributed by atoms with Crippen molar-refractivity contribution < 1.29 is 18.4 Å². The van der Waals surface area contributed by atoms with Crippen molar-refractivity contribution in [2.45, 2.75) is 27.2 Å². The Bertz CT molecular complexity index is 498. The molecule has 0 aliphatic heterocycles. The van der Waals surface area contributed by atoms with E-state index in [0.717, 1.165) is 30.4 Å². The maximum absolute atomic E-state index is 13.7. The summed E-state index contributed by atoms with van der Waals surface area (Å²) in [6, 6.07) is 3.30. The lowest BCUT2D eigenvalue weighted by atomic mass is 10.1. The van der Waals surface area contributed by atoms with Crippen LogP contribution >= 0.6 is 0 Å². The van der Waals surface area contributed by atoms with E-state index in [0.29, 0.717) is 12.5 Å². The van der Waals surface area contributed by atoms with Gasteiger partial charge in [-0.1, -0.05) is 19.9 Å². The number of nitrogens with one attached hydrogen (secondary N) is 1. The van der Waals surface area contributed by atoms with Crippen LogP contribution in [0.2, 0.25) is 0 Å². The van der Waals surface area contributed by atoms with Crippen molar-refractivity contribution in [2.24, 2.45) is 5.92 Å². The molecule has 0 atom stereocenters. The van der Waals surface area contributed by atoms with E-state index in [-0.39, 0.29) is 0 Å². The number of anilines is 1. The lowest BCUT2D eigenvalue weighted by molar-refractivity contribution is -0.123. The first kappa shape index (κ1) is 17.1. The van der Waals surface area contributed by atoms with Crippen molar-refractivity contribution in [1.82, 2.24) is 5.32 Å². The Kier molecular flexibility index (Phi) is 6.27. The predicted octanol–water partition coefficient (Wildman–Crippen LogP) is 2.48. The fourth-order valence-corrected chi connectivity index (χ4v) is 1.79. The quantitative estimate of drug-likeness (QED) is 0.877. The lowest BCUT2D eigenvalue weighted by Crippen LogP contribution is -2.41. The highest BCUT2D eigenvalue weighted by molar-refractivity contribution is 5.97. The normalized spacial score (nSPS) is 10.6. The summed E-state index contributed by atoms with van der Waals surface area (Å²) in [6.45, 7) is 5.24. The average Bonchev–Trinajstić information content (AvgIpc) is 2.36. The Labute approximate surface area is 123 Å². The number of nitrogens with zero attached hydrogens (tertiary/aromatic N) is 1. The number of hydrogen-bond donors (Lipinski definition) is 1. The molecule has 0 spiro atoms. The molecule has 0 aliphatic rings. The maximum Gasteiger partial charge on any atom is 0.240 e. The molecule has 0 heterocycles. The van der Waals surface area contributed by atoms with Crippen LogP contribution in [-0.4, -0.2) is 24.9 Å². The third-order valence-electron chi connectivity index (χ3n) is 2.93. The van der Waals surface area contributed by atoms with Crippen molar-refractivity contribution in [2.75, 3.05) is 18.0 Å². The molecule has 4 nitrogen and oxygen atoms in total. The van der Waals surface area contributed by atoms with Crippen LogP contribution in [0.1, 0.15) is 27.2 Å². The average molecular weight is 298 g/mol. The molecule has 1 N–H and O–H groups in total. The molecule has 0 aromatic heterocycles. The number of amides is 2. The summed E-state index contributed by atoms with van der Waals surface area (Å²) in [6.07, 6.45) is 0.792. The molecule has 0 fully saturated rings. The van der Waals surface area contributed by atoms with Gasteiger partial charge in [0.15, 0.2) is 0 Å². The zero-order chi connectivity index (χ0) is 16.0. The van der Waals surface area contributed by atoms with Crippen LogP contribution in [0.3, 0.4) is 0 Å². The number of hydrogen-bond acceptors (Lipinski definition) is 2. The summed E-state index contributed by atoms with van der Waals surface area (Å²) in [5.41, 5.74) is -0.496. The molecule has 0 radical (unpaired) electrons. The number of halogens is 2. The highest BCUT2D eigenvalue weighted by atomic mass is 19.1. The molecule has 0 saturated heterocycles. The molecule has 6 heteroatoms. The van der Waals surface area contributed by atoms with Crippen molar-refractivity contribution >= 4 is 17.5 Å². The lowest BCUT2D eigenvalue weighted by Gasteiger charge is -2.21. The second-order valence-electron chi connectivity index (χ2n) is 5.21. The molecular formula is C15H20F2N2O2. The molecule has 0 saturated carbocycles. The van der Waals surface area contributed by atoms with Crippen molar-refractivity contribution in [3.05, 3.63) is 29.8 Å². The highest BCUT2D eigenvalue weighted by Gasteiger charge is 2.22. The standard InChI is InChI=1S/C15H20F2N2O2/c1-10(2)7-8-18-14(21)9-19(11(3)20)15-12(16)5-4-6-13(15)17/h4-6,10H,7-9H2,1-3H3,(H,18,21). The minimum Gasteiger partial charge on any atom is -0.355 e. The first-order valence-corrected chi connectivity index (χ1v) is 6.81. The van der Waals surface area contributed by atoms with Gasteiger partial charge < -0.3 is 5.32 Å². The van der Waals surface area contributed by atoms with Gasteiger partial charge in [0, 0.05) is 13.5 Å². The van der Waals surface area contributed by atoms with Crippen LogP contribution < -0.4 is 10.2 Å². The number of benzene rings is 1.